The molecule has 1 atom stereocenters. The fraction of sp³-hybridized carbons (Fsp3) is 0.476. The Morgan fingerprint density at radius 3 is 2.97 bits per heavy atom. The summed E-state index contributed by atoms with van der Waals surface area (Å²) >= 11 is 0. The maximum absolute atomic E-state index is 12.2. The molecule has 1 aliphatic heterocycles. The number of aromatic nitrogens is 2. The molecular formula is C21H31IN6O2. The first-order chi connectivity index (χ1) is 14.2. The molecule has 1 saturated heterocycles. The molecule has 1 fully saturated rings. The zero-order chi connectivity index (χ0) is 20.3. The molecule has 1 aliphatic rings. The zero-order valence-corrected chi connectivity index (χ0v) is 19.7. The lowest BCUT2D eigenvalue weighted by atomic mass is 10.2. The van der Waals surface area contributed by atoms with E-state index in [1.807, 2.05) is 48.1 Å². The highest BCUT2D eigenvalue weighted by atomic mass is 127. The van der Waals surface area contributed by atoms with Gasteiger partial charge in [0.15, 0.2) is 5.96 Å². The average Bonchev–Trinajstić information content (AvgIpc) is 3.44. The van der Waals surface area contributed by atoms with Crippen LogP contribution in [0.15, 0.2) is 47.7 Å². The van der Waals surface area contributed by atoms with Gasteiger partial charge >= 0.3 is 0 Å². The van der Waals surface area contributed by atoms with Crippen molar-refractivity contribution >= 4 is 41.5 Å². The van der Waals surface area contributed by atoms with E-state index in [1.165, 1.54) is 0 Å². The van der Waals surface area contributed by atoms with E-state index in [0.29, 0.717) is 13.2 Å². The number of amides is 1. The van der Waals surface area contributed by atoms with Crippen LogP contribution in [-0.2, 0) is 22.6 Å². The van der Waals surface area contributed by atoms with Gasteiger partial charge in [0.05, 0.1) is 6.54 Å². The highest BCUT2D eigenvalue weighted by molar-refractivity contribution is 14.0. The zero-order valence-electron chi connectivity index (χ0n) is 17.3. The molecule has 1 aromatic carbocycles. The predicted octanol–water partition coefficient (Wildman–Crippen LogP) is 2.76. The molecular weight excluding hydrogens is 495 g/mol. The maximum atomic E-state index is 12.2. The summed E-state index contributed by atoms with van der Waals surface area (Å²) in [7, 11) is 0. The highest BCUT2D eigenvalue weighted by Crippen LogP contribution is 2.16. The molecule has 0 bridgehead atoms. The molecule has 0 radical (unpaired) electrons. The second-order valence-corrected chi connectivity index (χ2v) is 6.94. The minimum absolute atomic E-state index is 0. The molecule has 1 amide bonds. The summed E-state index contributed by atoms with van der Waals surface area (Å²) in [5.41, 5.74) is 1.80. The number of ether oxygens (including phenoxy) is 1. The fourth-order valence-electron chi connectivity index (χ4n) is 3.15. The summed E-state index contributed by atoms with van der Waals surface area (Å²) in [6, 6.07) is 9.71. The number of aliphatic imine (C=N–C) groups is 1. The van der Waals surface area contributed by atoms with E-state index < -0.39 is 0 Å². The topological polar surface area (TPSA) is 92.6 Å². The molecule has 1 unspecified atom stereocenters. The molecule has 30 heavy (non-hydrogen) atoms. The molecule has 0 spiro atoms. The number of carbonyl (C=O) groups is 1. The summed E-state index contributed by atoms with van der Waals surface area (Å²) < 4.78 is 7.36. The van der Waals surface area contributed by atoms with Gasteiger partial charge in [-0.15, -0.1) is 24.0 Å². The summed E-state index contributed by atoms with van der Waals surface area (Å²) in [4.78, 5) is 16.9. The Hall–Kier alpha value is -2.14. The second kappa shape index (κ2) is 13.2. The van der Waals surface area contributed by atoms with Crippen LogP contribution in [0.5, 0.6) is 0 Å². The van der Waals surface area contributed by atoms with Crippen molar-refractivity contribution in [2.45, 2.75) is 45.4 Å². The number of hydrogen-bond donors (Lipinski definition) is 3. The Kier molecular flexibility index (Phi) is 10.6. The summed E-state index contributed by atoms with van der Waals surface area (Å²) in [5.74, 6) is 0.706. The third kappa shape index (κ3) is 7.94. The summed E-state index contributed by atoms with van der Waals surface area (Å²) in [5, 5.41) is 13.8. The van der Waals surface area contributed by atoms with E-state index >= 15 is 0 Å². The van der Waals surface area contributed by atoms with E-state index in [0.717, 1.165) is 56.1 Å². The fourth-order valence-corrected chi connectivity index (χ4v) is 3.15. The molecule has 9 heteroatoms. The lowest BCUT2D eigenvalue weighted by molar-refractivity contribution is -0.124. The predicted molar refractivity (Wildman–Crippen MR) is 129 cm³/mol. The summed E-state index contributed by atoms with van der Waals surface area (Å²) in [6.07, 6.45) is 6.10. The van der Waals surface area contributed by atoms with E-state index in [4.69, 9.17) is 4.74 Å². The lowest BCUT2D eigenvalue weighted by Crippen LogP contribution is -2.38. The van der Waals surface area contributed by atoms with Crippen LogP contribution < -0.4 is 16.0 Å². The van der Waals surface area contributed by atoms with Crippen molar-refractivity contribution in [1.29, 1.82) is 0 Å². The Morgan fingerprint density at radius 1 is 1.33 bits per heavy atom. The molecule has 0 saturated carbocycles. The van der Waals surface area contributed by atoms with Crippen LogP contribution in [0.3, 0.4) is 0 Å². The number of anilines is 1. The number of guanidine groups is 1. The van der Waals surface area contributed by atoms with Crippen LogP contribution in [0.2, 0.25) is 0 Å². The molecule has 8 nitrogen and oxygen atoms in total. The first-order valence-corrected chi connectivity index (χ1v) is 10.3. The molecule has 0 aliphatic carbocycles. The van der Waals surface area contributed by atoms with Gasteiger partial charge in [-0.1, -0.05) is 12.1 Å². The Balaban J connectivity index is 0.00000320. The molecule has 1 aromatic heterocycles. The monoisotopic (exact) mass is 526 g/mol. The normalized spacial score (nSPS) is 16.0. The smallest absolute Gasteiger partial charge is 0.253 e. The number of nitrogens with zero attached hydrogens (tertiary/aromatic N) is 3. The van der Waals surface area contributed by atoms with Crippen LogP contribution in [0.25, 0.3) is 0 Å². The lowest BCUT2D eigenvalue weighted by Gasteiger charge is -2.12. The number of benzene rings is 1. The van der Waals surface area contributed by atoms with Gasteiger partial charge in [-0.25, -0.2) is 4.99 Å². The number of aryl methyl sites for hydroxylation is 1. The maximum Gasteiger partial charge on any atom is 0.253 e. The second-order valence-electron chi connectivity index (χ2n) is 6.94. The van der Waals surface area contributed by atoms with Gasteiger partial charge in [0.2, 0.25) is 0 Å². The van der Waals surface area contributed by atoms with Gasteiger partial charge in [-0.2, -0.15) is 5.10 Å². The van der Waals surface area contributed by atoms with Crippen molar-refractivity contribution in [2.75, 3.05) is 25.0 Å². The molecule has 3 rings (SSSR count). The minimum atomic E-state index is -0.331. The molecule has 2 aromatic rings. The van der Waals surface area contributed by atoms with Gasteiger partial charge in [0.25, 0.3) is 5.91 Å². The van der Waals surface area contributed by atoms with Crippen molar-refractivity contribution in [3.8, 4) is 0 Å². The highest BCUT2D eigenvalue weighted by Gasteiger charge is 2.23. The first-order valence-electron chi connectivity index (χ1n) is 10.3. The van der Waals surface area contributed by atoms with Crippen molar-refractivity contribution in [2.24, 2.45) is 4.99 Å². The van der Waals surface area contributed by atoms with E-state index in [9.17, 15) is 4.79 Å². The number of halogens is 1. The third-order valence-electron chi connectivity index (χ3n) is 4.60. The number of hydrogen-bond acceptors (Lipinski definition) is 4. The van der Waals surface area contributed by atoms with Gasteiger partial charge in [-0.05, 0) is 49.9 Å². The Labute approximate surface area is 194 Å². The number of rotatable bonds is 9. The molecule has 164 valence electrons. The van der Waals surface area contributed by atoms with Crippen molar-refractivity contribution in [3.05, 3.63) is 48.3 Å². The largest absolute Gasteiger partial charge is 0.368 e. The molecule has 2 heterocycles. The molecule has 3 N–H and O–H groups in total. The van der Waals surface area contributed by atoms with Crippen LogP contribution in [0.4, 0.5) is 5.69 Å². The Morgan fingerprint density at radius 2 is 2.23 bits per heavy atom. The standard InChI is InChI=1S/C21H30N6O2.HI/c1-2-22-21(23-10-5-12-27-13-6-11-25-27)24-16-17-7-3-8-18(15-17)26-20(28)19-9-4-14-29-19;/h3,6-8,11,13,15,19H,2,4-5,9-10,12,14,16H2,1H3,(H,26,28)(H2,22,23,24);1H. The van der Waals surface area contributed by atoms with Crippen LogP contribution in [-0.4, -0.2) is 47.4 Å². The van der Waals surface area contributed by atoms with Crippen molar-refractivity contribution in [1.82, 2.24) is 20.4 Å². The SMILES string of the molecule is CCNC(=NCc1cccc(NC(=O)C2CCCO2)c1)NCCCn1cccn1.I. The van der Waals surface area contributed by atoms with Crippen LogP contribution >= 0.6 is 24.0 Å². The quantitative estimate of drug-likeness (QED) is 0.202. The van der Waals surface area contributed by atoms with Crippen LogP contribution in [0.1, 0.15) is 31.7 Å². The average molecular weight is 526 g/mol. The van der Waals surface area contributed by atoms with E-state index in [2.05, 4.69) is 26.0 Å². The van der Waals surface area contributed by atoms with E-state index in [1.54, 1.807) is 6.20 Å². The number of carbonyl (C=O) groups excluding carboxylic acids is 1. The van der Waals surface area contributed by atoms with Gasteiger partial charge in [0.1, 0.15) is 6.10 Å². The third-order valence-corrected chi connectivity index (χ3v) is 4.60. The van der Waals surface area contributed by atoms with Crippen molar-refractivity contribution in [3.63, 3.8) is 0 Å². The first kappa shape index (κ1) is 24.1. The number of nitrogens with one attached hydrogen (secondary N) is 3. The van der Waals surface area contributed by atoms with Gasteiger partial charge < -0.3 is 20.7 Å². The Bertz CT molecular complexity index is 791. The van der Waals surface area contributed by atoms with Crippen LogP contribution in [0, 0.1) is 0 Å². The summed E-state index contributed by atoms with van der Waals surface area (Å²) in [6.45, 7) is 5.70. The van der Waals surface area contributed by atoms with Crippen molar-refractivity contribution < 1.29 is 9.53 Å². The minimum Gasteiger partial charge on any atom is -0.368 e. The van der Waals surface area contributed by atoms with Gasteiger partial charge in [-0.3, -0.25) is 9.48 Å². The van der Waals surface area contributed by atoms with Gasteiger partial charge in [0, 0.05) is 44.3 Å². The van der Waals surface area contributed by atoms with E-state index in [-0.39, 0.29) is 36.0 Å².